The van der Waals surface area contributed by atoms with Crippen LogP contribution in [-0.4, -0.2) is 16.5 Å². The van der Waals surface area contributed by atoms with Gasteiger partial charge in [-0.15, -0.1) is 0 Å². The molecule has 4 nitrogen and oxygen atoms in total. The molecule has 2 aromatic rings. The molecule has 4 heteroatoms. The van der Waals surface area contributed by atoms with Crippen LogP contribution in [0.1, 0.15) is 25.8 Å². The molecular formula is C15H17N3O. The summed E-state index contributed by atoms with van der Waals surface area (Å²) in [6, 6.07) is 9.75. The molecule has 0 saturated carbocycles. The van der Waals surface area contributed by atoms with E-state index in [9.17, 15) is 4.79 Å². The fourth-order valence-electron chi connectivity index (χ4n) is 1.97. The predicted octanol–water partition coefficient (Wildman–Crippen LogP) is 2.43. The molecule has 2 rings (SSSR count). The Hall–Kier alpha value is -2.28. The second-order valence-corrected chi connectivity index (χ2v) is 4.71. The van der Waals surface area contributed by atoms with Gasteiger partial charge in [0.05, 0.1) is 11.6 Å². The van der Waals surface area contributed by atoms with Gasteiger partial charge >= 0.3 is 0 Å². The number of benzene rings is 1. The van der Waals surface area contributed by atoms with E-state index in [0.717, 1.165) is 17.3 Å². The first-order valence-electron chi connectivity index (χ1n) is 6.42. The lowest BCUT2D eigenvalue weighted by Gasteiger charge is -2.12. The van der Waals surface area contributed by atoms with Crippen molar-refractivity contribution in [1.29, 1.82) is 5.26 Å². The smallest absolute Gasteiger partial charge is 0.240 e. The predicted molar refractivity (Wildman–Crippen MR) is 74.5 cm³/mol. The van der Waals surface area contributed by atoms with E-state index in [-0.39, 0.29) is 18.5 Å². The molecule has 0 aliphatic rings. The summed E-state index contributed by atoms with van der Waals surface area (Å²) in [6.45, 7) is 4.30. The summed E-state index contributed by atoms with van der Waals surface area (Å²) in [4.78, 5) is 11.9. The van der Waals surface area contributed by atoms with Gasteiger partial charge in [-0.2, -0.15) is 5.26 Å². The molecule has 1 atom stereocenters. The fourth-order valence-corrected chi connectivity index (χ4v) is 1.97. The minimum absolute atomic E-state index is 0.00536. The van der Waals surface area contributed by atoms with E-state index in [4.69, 9.17) is 5.26 Å². The average Bonchev–Trinajstić information content (AvgIpc) is 2.80. The maximum absolute atomic E-state index is 11.9. The van der Waals surface area contributed by atoms with Crippen molar-refractivity contribution in [3.05, 3.63) is 36.0 Å². The number of nitrogens with zero attached hydrogens (tertiary/aromatic N) is 2. The molecule has 1 amide bonds. The lowest BCUT2D eigenvalue weighted by Crippen LogP contribution is -2.34. The van der Waals surface area contributed by atoms with Gasteiger partial charge in [0.1, 0.15) is 6.54 Å². The molecule has 98 valence electrons. The van der Waals surface area contributed by atoms with Gasteiger partial charge in [-0.25, -0.2) is 0 Å². The van der Waals surface area contributed by atoms with Crippen molar-refractivity contribution in [3.63, 3.8) is 0 Å². The molecule has 0 aliphatic heterocycles. The number of carbonyl (C=O) groups is 1. The van der Waals surface area contributed by atoms with E-state index < -0.39 is 0 Å². The van der Waals surface area contributed by atoms with Crippen molar-refractivity contribution in [2.45, 2.75) is 32.9 Å². The van der Waals surface area contributed by atoms with Gasteiger partial charge in [-0.05, 0) is 36.9 Å². The molecule has 1 aromatic carbocycles. The highest BCUT2D eigenvalue weighted by molar-refractivity contribution is 5.84. The third kappa shape index (κ3) is 2.94. The molecule has 0 aliphatic carbocycles. The Kier molecular flexibility index (Phi) is 3.86. The summed E-state index contributed by atoms with van der Waals surface area (Å²) in [6.07, 6.45) is 2.79. The number of carbonyl (C=O) groups excluding carboxylic acids is 1. The van der Waals surface area contributed by atoms with Crippen LogP contribution >= 0.6 is 0 Å². The van der Waals surface area contributed by atoms with Crippen molar-refractivity contribution < 1.29 is 4.79 Å². The Morgan fingerprint density at radius 2 is 2.26 bits per heavy atom. The van der Waals surface area contributed by atoms with Crippen molar-refractivity contribution in [3.8, 4) is 6.07 Å². The third-order valence-corrected chi connectivity index (χ3v) is 3.24. The standard InChI is InChI=1S/C15H17N3O/c1-3-11(2)17-15(19)10-18-7-6-13-5-4-12(9-16)8-14(13)18/h4-8,11H,3,10H2,1-2H3,(H,17,19). The Bertz CT molecular complexity index is 636. The number of rotatable bonds is 4. The lowest BCUT2D eigenvalue weighted by molar-refractivity contribution is -0.122. The molecule has 0 fully saturated rings. The highest BCUT2D eigenvalue weighted by atomic mass is 16.2. The number of hydrogen-bond acceptors (Lipinski definition) is 2. The first-order valence-corrected chi connectivity index (χ1v) is 6.42. The zero-order valence-corrected chi connectivity index (χ0v) is 11.2. The van der Waals surface area contributed by atoms with Crippen LogP contribution in [0.25, 0.3) is 10.9 Å². The van der Waals surface area contributed by atoms with Crippen LogP contribution in [0.4, 0.5) is 0 Å². The molecule has 0 spiro atoms. The van der Waals surface area contributed by atoms with Crippen LogP contribution in [0.5, 0.6) is 0 Å². The summed E-state index contributed by atoms with van der Waals surface area (Å²) < 4.78 is 1.87. The van der Waals surface area contributed by atoms with E-state index >= 15 is 0 Å². The van der Waals surface area contributed by atoms with Gasteiger partial charge in [0.2, 0.25) is 5.91 Å². The fraction of sp³-hybridized carbons (Fsp3) is 0.333. The van der Waals surface area contributed by atoms with Crippen LogP contribution in [0.15, 0.2) is 30.5 Å². The number of nitriles is 1. The first-order chi connectivity index (χ1) is 9.13. The molecular weight excluding hydrogens is 238 g/mol. The lowest BCUT2D eigenvalue weighted by atomic mass is 10.2. The van der Waals surface area contributed by atoms with Gasteiger partial charge in [0.25, 0.3) is 0 Å². The molecule has 0 saturated heterocycles. The minimum Gasteiger partial charge on any atom is -0.352 e. The maximum Gasteiger partial charge on any atom is 0.240 e. The van der Waals surface area contributed by atoms with Crippen molar-refractivity contribution >= 4 is 16.8 Å². The van der Waals surface area contributed by atoms with E-state index in [1.807, 2.05) is 42.8 Å². The highest BCUT2D eigenvalue weighted by Gasteiger charge is 2.08. The maximum atomic E-state index is 11.9. The molecule has 1 unspecified atom stereocenters. The number of aromatic nitrogens is 1. The average molecular weight is 255 g/mol. The van der Waals surface area contributed by atoms with Gasteiger partial charge < -0.3 is 9.88 Å². The number of nitrogens with one attached hydrogen (secondary N) is 1. The molecule has 1 aromatic heterocycles. The second-order valence-electron chi connectivity index (χ2n) is 4.71. The summed E-state index contributed by atoms with van der Waals surface area (Å²) in [5, 5.41) is 12.9. The van der Waals surface area contributed by atoms with Crippen molar-refractivity contribution in [2.24, 2.45) is 0 Å². The van der Waals surface area contributed by atoms with Crippen LogP contribution < -0.4 is 5.32 Å². The Morgan fingerprint density at radius 1 is 1.47 bits per heavy atom. The summed E-state index contributed by atoms with van der Waals surface area (Å²) >= 11 is 0. The Morgan fingerprint density at radius 3 is 2.95 bits per heavy atom. The van der Waals surface area contributed by atoms with E-state index in [1.54, 1.807) is 6.07 Å². The SMILES string of the molecule is CCC(C)NC(=O)Cn1ccc2ccc(C#N)cc21. The van der Waals surface area contributed by atoms with Gasteiger partial charge in [0.15, 0.2) is 0 Å². The minimum atomic E-state index is -0.00536. The zero-order valence-electron chi connectivity index (χ0n) is 11.2. The molecule has 19 heavy (non-hydrogen) atoms. The van der Waals surface area contributed by atoms with Crippen molar-refractivity contribution in [1.82, 2.24) is 9.88 Å². The van der Waals surface area contributed by atoms with Crippen molar-refractivity contribution in [2.75, 3.05) is 0 Å². The second kappa shape index (κ2) is 5.57. The molecule has 1 heterocycles. The normalized spacial score (nSPS) is 12.1. The quantitative estimate of drug-likeness (QED) is 0.912. The van der Waals surface area contributed by atoms with Crippen LogP contribution in [0, 0.1) is 11.3 Å². The number of hydrogen-bond donors (Lipinski definition) is 1. The largest absolute Gasteiger partial charge is 0.352 e. The van der Waals surface area contributed by atoms with Gasteiger partial charge in [0, 0.05) is 17.8 Å². The third-order valence-electron chi connectivity index (χ3n) is 3.24. The number of amides is 1. The van der Waals surface area contributed by atoms with E-state index in [1.165, 1.54) is 0 Å². The topological polar surface area (TPSA) is 57.8 Å². The van der Waals surface area contributed by atoms with Gasteiger partial charge in [-0.1, -0.05) is 13.0 Å². The van der Waals surface area contributed by atoms with E-state index in [0.29, 0.717) is 5.56 Å². The summed E-state index contributed by atoms with van der Waals surface area (Å²) in [5.74, 6) is -0.00536. The first kappa shape index (κ1) is 13.2. The zero-order chi connectivity index (χ0) is 13.8. The summed E-state index contributed by atoms with van der Waals surface area (Å²) in [5.41, 5.74) is 1.52. The van der Waals surface area contributed by atoms with E-state index in [2.05, 4.69) is 11.4 Å². The Labute approximate surface area is 112 Å². The highest BCUT2D eigenvalue weighted by Crippen LogP contribution is 2.17. The molecule has 0 radical (unpaired) electrons. The van der Waals surface area contributed by atoms with Crippen LogP contribution in [0.3, 0.4) is 0 Å². The van der Waals surface area contributed by atoms with Crippen LogP contribution in [-0.2, 0) is 11.3 Å². The van der Waals surface area contributed by atoms with Gasteiger partial charge in [-0.3, -0.25) is 4.79 Å². The number of fused-ring (bicyclic) bond motifs is 1. The molecule has 0 bridgehead atoms. The Balaban J connectivity index is 2.21. The molecule has 1 N–H and O–H groups in total. The van der Waals surface area contributed by atoms with Crippen LogP contribution in [0.2, 0.25) is 0 Å². The monoisotopic (exact) mass is 255 g/mol. The summed E-state index contributed by atoms with van der Waals surface area (Å²) in [7, 11) is 0.